The van der Waals surface area contributed by atoms with Crippen LogP contribution < -0.4 is 5.32 Å². The second kappa shape index (κ2) is 8.95. The highest BCUT2D eigenvalue weighted by Crippen LogP contribution is 2.23. The maximum atomic E-state index is 12.5. The predicted molar refractivity (Wildman–Crippen MR) is 113 cm³/mol. The quantitative estimate of drug-likeness (QED) is 0.623. The molecule has 0 radical (unpaired) electrons. The minimum absolute atomic E-state index is 0.0186. The molecule has 2 heterocycles. The highest BCUT2D eigenvalue weighted by molar-refractivity contribution is 6.31. The van der Waals surface area contributed by atoms with Gasteiger partial charge in [0.25, 0.3) is 0 Å². The Morgan fingerprint density at radius 1 is 1.10 bits per heavy atom. The summed E-state index contributed by atoms with van der Waals surface area (Å²) in [7, 11) is 0. The molecule has 0 atom stereocenters. The van der Waals surface area contributed by atoms with Crippen molar-refractivity contribution in [3.05, 3.63) is 64.5 Å². The average molecular weight is 431 g/mol. The van der Waals surface area contributed by atoms with Crippen molar-refractivity contribution in [3.8, 4) is 11.4 Å². The Balaban J connectivity index is 1.29. The van der Waals surface area contributed by atoms with E-state index in [1.54, 1.807) is 24.3 Å². The number of hydrogen-bond acceptors (Lipinski definition) is 5. The molecule has 3 aromatic rings. The first kappa shape index (κ1) is 19.9. The summed E-state index contributed by atoms with van der Waals surface area (Å²) in [6, 6.07) is 14.6. The lowest BCUT2D eigenvalue weighted by molar-refractivity contribution is -0.121. The Morgan fingerprint density at radius 2 is 1.83 bits per heavy atom. The fraction of sp³-hybridized carbons (Fsp3) is 0.286. The van der Waals surface area contributed by atoms with Crippen LogP contribution >= 0.6 is 23.2 Å². The Morgan fingerprint density at radius 3 is 2.55 bits per heavy atom. The smallest absolute Gasteiger partial charge is 0.241 e. The van der Waals surface area contributed by atoms with Gasteiger partial charge in [0, 0.05) is 27.2 Å². The molecule has 8 heteroatoms. The van der Waals surface area contributed by atoms with Crippen LogP contribution in [0, 0.1) is 5.92 Å². The normalized spacial score (nSPS) is 15.4. The largest absolute Gasteiger partial charge is 0.338 e. The molecule has 0 spiro atoms. The monoisotopic (exact) mass is 430 g/mol. The molecular formula is C21H20Cl2N4O2. The SMILES string of the molecule is O=C(Nc1cccc(Cl)c1)C1CCN(Cc2nc(-c3cccc(Cl)c3)no2)CC1. The zero-order chi connectivity index (χ0) is 20.2. The van der Waals surface area contributed by atoms with Gasteiger partial charge in [0.2, 0.25) is 17.6 Å². The molecule has 1 N–H and O–H groups in total. The Labute approximate surface area is 178 Å². The van der Waals surface area contributed by atoms with Gasteiger partial charge in [-0.05, 0) is 56.3 Å². The molecule has 1 aliphatic heterocycles. The van der Waals surface area contributed by atoms with Gasteiger partial charge in [0.15, 0.2) is 0 Å². The van der Waals surface area contributed by atoms with Crippen molar-refractivity contribution in [3.63, 3.8) is 0 Å². The zero-order valence-corrected chi connectivity index (χ0v) is 17.2. The third kappa shape index (κ3) is 5.15. The number of likely N-dealkylation sites (tertiary alicyclic amines) is 1. The molecule has 29 heavy (non-hydrogen) atoms. The number of rotatable bonds is 5. The molecule has 2 aromatic carbocycles. The summed E-state index contributed by atoms with van der Waals surface area (Å²) in [5, 5.41) is 8.23. The van der Waals surface area contributed by atoms with Crippen molar-refractivity contribution in [1.29, 1.82) is 0 Å². The van der Waals surface area contributed by atoms with Crippen molar-refractivity contribution in [2.75, 3.05) is 18.4 Å². The fourth-order valence-corrected chi connectivity index (χ4v) is 3.80. The van der Waals surface area contributed by atoms with E-state index in [1.807, 2.05) is 24.3 Å². The van der Waals surface area contributed by atoms with E-state index in [0.29, 0.717) is 28.3 Å². The summed E-state index contributed by atoms with van der Waals surface area (Å²) in [6.07, 6.45) is 1.56. The first-order valence-electron chi connectivity index (χ1n) is 9.44. The minimum atomic E-state index is -0.0186. The van der Waals surface area contributed by atoms with Gasteiger partial charge in [0.05, 0.1) is 6.54 Å². The molecule has 1 fully saturated rings. The van der Waals surface area contributed by atoms with E-state index in [9.17, 15) is 4.79 Å². The molecule has 0 aliphatic carbocycles. The molecule has 0 saturated carbocycles. The number of amides is 1. The van der Waals surface area contributed by atoms with Gasteiger partial charge in [-0.2, -0.15) is 4.98 Å². The van der Waals surface area contributed by atoms with Crippen molar-refractivity contribution in [1.82, 2.24) is 15.0 Å². The molecule has 1 saturated heterocycles. The lowest BCUT2D eigenvalue weighted by Crippen LogP contribution is -2.37. The van der Waals surface area contributed by atoms with Crippen LogP contribution in [0.4, 0.5) is 5.69 Å². The maximum Gasteiger partial charge on any atom is 0.241 e. The minimum Gasteiger partial charge on any atom is -0.338 e. The number of carbonyl (C=O) groups is 1. The number of nitrogens with zero attached hydrogens (tertiary/aromatic N) is 3. The van der Waals surface area contributed by atoms with Crippen molar-refractivity contribution >= 4 is 34.8 Å². The van der Waals surface area contributed by atoms with Gasteiger partial charge in [-0.1, -0.05) is 46.6 Å². The fourth-order valence-electron chi connectivity index (χ4n) is 3.42. The van der Waals surface area contributed by atoms with Gasteiger partial charge in [0.1, 0.15) is 0 Å². The standard InChI is InChI=1S/C21H20Cl2N4O2/c22-16-4-1-3-15(11-16)20-25-19(29-26-20)13-27-9-7-14(8-10-27)21(28)24-18-6-2-5-17(23)12-18/h1-6,11-12,14H,7-10,13H2,(H,24,28). The number of carbonyl (C=O) groups excluding carboxylic acids is 1. The van der Waals surface area contributed by atoms with Crippen molar-refractivity contribution < 1.29 is 9.32 Å². The Bertz CT molecular complexity index is 1000. The van der Waals surface area contributed by atoms with Crippen LogP contribution in [0.25, 0.3) is 11.4 Å². The molecular weight excluding hydrogens is 411 g/mol. The maximum absolute atomic E-state index is 12.5. The highest BCUT2D eigenvalue weighted by Gasteiger charge is 2.26. The van der Waals surface area contributed by atoms with Crippen LogP contribution in [0.15, 0.2) is 53.1 Å². The van der Waals surface area contributed by atoms with Crippen LogP contribution in [0.3, 0.4) is 0 Å². The van der Waals surface area contributed by atoms with Gasteiger partial charge in [-0.15, -0.1) is 0 Å². The number of anilines is 1. The van der Waals surface area contributed by atoms with Gasteiger partial charge < -0.3 is 9.84 Å². The molecule has 1 aliphatic rings. The van der Waals surface area contributed by atoms with E-state index in [2.05, 4.69) is 20.4 Å². The van der Waals surface area contributed by atoms with Crippen LogP contribution in [-0.4, -0.2) is 34.0 Å². The number of hydrogen-bond donors (Lipinski definition) is 1. The van der Waals surface area contributed by atoms with E-state index in [1.165, 1.54) is 0 Å². The Kier molecular flexibility index (Phi) is 6.13. The van der Waals surface area contributed by atoms with E-state index in [-0.39, 0.29) is 11.8 Å². The van der Waals surface area contributed by atoms with Gasteiger partial charge in [-0.25, -0.2) is 0 Å². The lowest BCUT2D eigenvalue weighted by atomic mass is 9.96. The molecule has 1 amide bonds. The van der Waals surface area contributed by atoms with E-state index < -0.39 is 0 Å². The summed E-state index contributed by atoms with van der Waals surface area (Å²) >= 11 is 12.0. The van der Waals surface area contributed by atoms with E-state index in [0.717, 1.165) is 37.2 Å². The molecule has 150 valence electrons. The molecule has 6 nitrogen and oxygen atoms in total. The van der Waals surface area contributed by atoms with Crippen LogP contribution in [0.2, 0.25) is 10.0 Å². The summed E-state index contributed by atoms with van der Waals surface area (Å²) in [5.74, 6) is 1.10. The van der Waals surface area contributed by atoms with E-state index >= 15 is 0 Å². The topological polar surface area (TPSA) is 71.3 Å². The number of halogens is 2. The molecule has 0 unspecified atom stereocenters. The third-order valence-corrected chi connectivity index (χ3v) is 5.43. The lowest BCUT2D eigenvalue weighted by Gasteiger charge is -2.30. The van der Waals surface area contributed by atoms with Gasteiger partial charge >= 0.3 is 0 Å². The average Bonchev–Trinajstić information content (AvgIpc) is 3.17. The van der Waals surface area contributed by atoms with E-state index in [4.69, 9.17) is 27.7 Å². The zero-order valence-electron chi connectivity index (χ0n) is 15.6. The van der Waals surface area contributed by atoms with Gasteiger partial charge in [-0.3, -0.25) is 9.69 Å². The Hall–Kier alpha value is -2.41. The second-order valence-corrected chi connectivity index (χ2v) is 7.94. The van der Waals surface area contributed by atoms with Crippen LogP contribution in [0.5, 0.6) is 0 Å². The molecule has 1 aromatic heterocycles. The number of benzene rings is 2. The first-order chi connectivity index (χ1) is 14.1. The summed E-state index contributed by atoms with van der Waals surface area (Å²) in [4.78, 5) is 19.2. The van der Waals surface area contributed by atoms with Crippen molar-refractivity contribution in [2.24, 2.45) is 5.92 Å². The second-order valence-electron chi connectivity index (χ2n) is 7.07. The van der Waals surface area contributed by atoms with Crippen LogP contribution in [0.1, 0.15) is 18.7 Å². The predicted octanol–water partition coefficient (Wildman–Crippen LogP) is 4.89. The summed E-state index contributed by atoms with van der Waals surface area (Å²) in [6.45, 7) is 2.15. The van der Waals surface area contributed by atoms with Crippen LogP contribution in [-0.2, 0) is 11.3 Å². The number of nitrogens with one attached hydrogen (secondary N) is 1. The van der Waals surface area contributed by atoms with Crippen molar-refractivity contribution in [2.45, 2.75) is 19.4 Å². The highest BCUT2D eigenvalue weighted by atomic mass is 35.5. The third-order valence-electron chi connectivity index (χ3n) is 4.96. The summed E-state index contributed by atoms with van der Waals surface area (Å²) in [5.41, 5.74) is 1.55. The first-order valence-corrected chi connectivity index (χ1v) is 10.2. The number of piperidine rings is 1. The summed E-state index contributed by atoms with van der Waals surface area (Å²) < 4.78 is 5.39. The molecule has 0 bridgehead atoms. The number of aromatic nitrogens is 2. The molecule has 4 rings (SSSR count).